The fourth-order valence-electron chi connectivity index (χ4n) is 12.3. The highest BCUT2D eigenvalue weighted by Gasteiger charge is 2.28. The molecule has 0 amide bonds. The smallest absolute Gasteiger partial charge is 0.160 e. The summed E-state index contributed by atoms with van der Waals surface area (Å²) in [5, 5.41) is 9.67. The van der Waals surface area contributed by atoms with E-state index in [-0.39, 0.29) is 12.0 Å². The van der Waals surface area contributed by atoms with Crippen molar-refractivity contribution in [1.82, 2.24) is 15.0 Å². The standard InChI is InChI=1S/C68H50N4/c1-41-35-47(29-31-50(41)58-27-11-17-43-19-13-33-69-64(43)58)66-63-40-49(60-37-45-15-3-5-21-52(45)54-23-7-9-25-56(54)60)39-62(61-38-46-16-4-6-22-53(46)55-24-8-10-26-57(55)61)67(63)72-68(71-66)48-30-32-51(42(2)36-48)59-28-12-18-44-20-14-34-70-65(44)59/h4,6-14,16-20,22-40,59,65H,3,5,15,21H2,1-2H3. The average Bonchev–Trinajstić information content (AvgIpc) is 3.44. The molecule has 0 fully saturated rings. The van der Waals surface area contributed by atoms with Gasteiger partial charge >= 0.3 is 0 Å². The summed E-state index contributed by atoms with van der Waals surface area (Å²) in [7, 11) is 0. The monoisotopic (exact) mass is 922 g/mol. The number of aliphatic imine (C=N–C) groups is 1. The number of allylic oxidation sites excluding steroid dienone is 3. The Hall–Kier alpha value is -8.60. The third kappa shape index (κ3) is 6.96. The lowest BCUT2D eigenvalue weighted by atomic mass is 9.81. The SMILES string of the molecule is Cc1cc(-c2nc(-c3ccc(C4C=CC=C5C=CC=NC54)c(C)c3)nc3c(-c4cc5ccccc5c5ccccc45)cc(-c4cc5c(c6ccccc46)CCCC5)cc23)ccc1-c1cccc2cccnc12. The van der Waals surface area contributed by atoms with E-state index in [0.717, 1.165) is 79.3 Å². The number of dihydropyridines is 1. The maximum absolute atomic E-state index is 5.76. The van der Waals surface area contributed by atoms with Crippen LogP contribution in [0.25, 0.3) is 110 Å². The molecule has 4 nitrogen and oxygen atoms in total. The second kappa shape index (κ2) is 17.1. The van der Waals surface area contributed by atoms with E-state index in [0.29, 0.717) is 5.82 Å². The van der Waals surface area contributed by atoms with E-state index >= 15 is 0 Å². The van der Waals surface area contributed by atoms with Crippen molar-refractivity contribution in [3.8, 4) is 56.0 Å². The molecule has 2 unspecified atom stereocenters. The van der Waals surface area contributed by atoms with E-state index in [9.17, 15) is 0 Å². The second-order valence-electron chi connectivity index (χ2n) is 20.0. The summed E-state index contributed by atoms with van der Waals surface area (Å²) in [6.07, 6.45) is 19.4. The predicted molar refractivity (Wildman–Crippen MR) is 302 cm³/mol. The molecule has 2 atom stereocenters. The summed E-state index contributed by atoms with van der Waals surface area (Å²) < 4.78 is 0. The summed E-state index contributed by atoms with van der Waals surface area (Å²) in [5.74, 6) is 0.835. The number of fused-ring (bicyclic) bond motifs is 9. The number of hydrogen-bond donors (Lipinski definition) is 0. The van der Waals surface area contributed by atoms with E-state index in [1.54, 1.807) is 0 Å². The molecule has 72 heavy (non-hydrogen) atoms. The van der Waals surface area contributed by atoms with Gasteiger partial charge in [-0.05, 0) is 170 Å². The van der Waals surface area contributed by atoms with Crippen molar-refractivity contribution in [3.05, 3.63) is 234 Å². The van der Waals surface area contributed by atoms with Crippen LogP contribution in [0, 0.1) is 13.8 Å². The van der Waals surface area contributed by atoms with Gasteiger partial charge in [-0.3, -0.25) is 9.98 Å². The molecule has 342 valence electrons. The van der Waals surface area contributed by atoms with Gasteiger partial charge in [0.1, 0.15) is 0 Å². The molecule has 3 heterocycles. The molecule has 0 saturated carbocycles. The molecule has 0 bridgehead atoms. The molecule has 9 aromatic carbocycles. The van der Waals surface area contributed by atoms with Gasteiger partial charge < -0.3 is 0 Å². The quantitative estimate of drug-likeness (QED) is 0.156. The minimum atomic E-state index is 0.0599. The molecule has 0 N–H and O–H groups in total. The molecule has 4 heteroatoms. The lowest BCUT2D eigenvalue weighted by molar-refractivity contribution is 0.689. The summed E-state index contributed by atoms with van der Waals surface area (Å²) in [4.78, 5) is 21.3. The minimum Gasteiger partial charge on any atom is -0.284 e. The van der Waals surface area contributed by atoms with Gasteiger partial charge in [0, 0.05) is 51.4 Å². The first-order chi connectivity index (χ1) is 35.5. The minimum absolute atomic E-state index is 0.0599. The summed E-state index contributed by atoms with van der Waals surface area (Å²) >= 11 is 0. The van der Waals surface area contributed by atoms with E-state index in [4.69, 9.17) is 19.9 Å². The highest BCUT2D eigenvalue weighted by atomic mass is 14.9. The first-order valence-corrected chi connectivity index (χ1v) is 25.5. The van der Waals surface area contributed by atoms with Crippen molar-refractivity contribution < 1.29 is 0 Å². The van der Waals surface area contributed by atoms with Gasteiger partial charge in [-0.25, -0.2) is 9.97 Å². The van der Waals surface area contributed by atoms with Crippen LogP contribution < -0.4 is 0 Å². The van der Waals surface area contributed by atoms with Crippen LogP contribution in [0.15, 0.2) is 211 Å². The lowest BCUT2D eigenvalue weighted by Gasteiger charge is -2.28. The van der Waals surface area contributed by atoms with Gasteiger partial charge in [0.15, 0.2) is 5.82 Å². The molecule has 3 aliphatic rings. The van der Waals surface area contributed by atoms with Crippen molar-refractivity contribution in [3.63, 3.8) is 0 Å². The number of rotatable bonds is 6. The van der Waals surface area contributed by atoms with Crippen LogP contribution in [-0.4, -0.2) is 27.2 Å². The molecule has 0 spiro atoms. The Bertz CT molecular complexity index is 4200. The molecule has 2 aliphatic carbocycles. The molecule has 1 aliphatic heterocycles. The Morgan fingerprint density at radius 2 is 1.25 bits per heavy atom. The number of hydrogen-bond acceptors (Lipinski definition) is 4. The van der Waals surface area contributed by atoms with Gasteiger partial charge in [0.05, 0.1) is 22.8 Å². The Morgan fingerprint density at radius 1 is 0.486 bits per heavy atom. The molecule has 14 rings (SSSR count). The Labute approximate surface area is 419 Å². The van der Waals surface area contributed by atoms with Gasteiger partial charge in [-0.15, -0.1) is 0 Å². The Balaban J connectivity index is 1.06. The van der Waals surface area contributed by atoms with E-state index in [1.165, 1.54) is 84.1 Å². The normalized spacial score (nSPS) is 16.2. The largest absolute Gasteiger partial charge is 0.284 e. The topological polar surface area (TPSA) is 51.0 Å². The first-order valence-electron chi connectivity index (χ1n) is 25.5. The highest BCUT2D eigenvalue weighted by molar-refractivity contribution is 6.17. The van der Waals surface area contributed by atoms with Gasteiger partial charge in [0.2, 0.25) is 0 Å². The van der Waals surface area contributed by atoms with E-state index in [2.05, 4.69) is 196 Å². The van der Waals surface area contributed by atoms with Gasteiger partial charge in [-0.1, -0.05) is 152 Å². The summed E-state index contributed by atoms with van der Waals surface area (Å²) in [6, 6.07) is 60.8. The van der Waals surface area contributed by atoms with Crippen LogP contribution in [-0.2, 0) is 12.8 Å². The number of benzene rings is 9. The summed E-state index contributed by atoms with van der Waals surface area (Å²) in [6.45, 7) is 4.44. The fraction of sp³-hybridized carbons (Fsp3) is 0.118. The number of para-hydroxylation sites is 1. The Morgan fingerprint density at radius 3 is 2.12 bits per heavy atom. The van der Waals surface area contributed by atoms with Crippen LogP contribution in [0.3, 0.4) is 0 Å². The molecular weight excluding hydrogens is 873 g/mol. The molecule has 11 aromatic rings. The third-order valence-corrected chi connectivity index (χ3v) is 15.8. The van der Waals surface area contributed by atoms with Crippen LogP contribution in [0.4, 0.5) is 0 Å². The number of nitrogens with zero attached hydrogens (tertiary/aromatic N) is 4. The predicted octanol–water partition coefficient (Wildman–Crippen LogP) is 17.1. The Kier molecular flexibility index (Phi) is 10.0. The number of pyridine rings is 1. The van der Waals surface area contributed by atoms with Crippen molar-refractivity contribution in [1.29, 1.82) is 0 Å². The maximum Gasteiger partial charge on any atom is 0.160 e. The number of aromatic nitrogens is 3. The second-order valence-corrected chi connectivity index (χ2v) is 20.0. The summed E-state index contributed by atoms with van der Waals surface area (Å²) in [5.41, 5.74) is 19.6. The molecule has 0 saturated heterocycles. The van der Waals surface area contributed by atoms with E-state index in [1.807, 2.05) is 24.6 Å². The van der Waals surface area contributed by atoms with Crippen LogP contribution in [0.5, 0.6) is 0 Å². The van der Waals surface area contributed by atoms with Crippen LogP contribution in [0.1, 0.15) is 46.6 Å². The molecular formula is C68H50N4. The van der Waals surface area contributed by atoms with E-state index < -0.39 is 0 Å². The third-order valence-electron chi connectivity index (χ3n) is 15.8. The lowest BCUT2D eigenvalue weighted by Crippen LogP contribution is -2.21. The zero-order valence-corrected chi connectivity index (χ0v) is 40.4. The fourth-order valence-corrected chi connectivity index (χ4v) is 12.3. The van der Waals surface area contributed by atoms with Crippen molar-refractivity contribution in [2.24, 2.45) is 4.99 Å². The molecule has 0 radical (unpaired) electrons. The zero-order chi connectivity index (χ0) is 47.9. The van der Waals surface area contributed by atoms with Crippen LogP contribution >= 0.6 is 0 Å². The van der Waals surface area contributed by atoms with Crippen molar-refractivity contribution in [2.75, 3.05) is 0 Å². The highest BCUT2D eigenvalue weighted by Crippen LogP contribution is 2.46. The van der Waals surface area contributed by atoms with Crippen LogP contribution in [0.2, 0.25) is 0 Å². The zero-order valence-electron chi connectivity index (χ0n) is 40.4. The van der Waals surface area contributed by atoms with Crippen molar-refractivity contribution >= 4 is 60.3 Å². The van der Waals surface area contributed by atoms with Crippen molar-refractivity contribution in [2.45, 2.75) is 51.5 Å². The maximum atomic E-state index is 5.76. The average molecular weight is 923 g/mol. The molecule has 2 aromatic heterocycles. The first kappa shape index (κ1) is 42.3. The van der Waals surface area contributed by atoms with Gasteiger partial charge in [0.25, 0.3) is 0 Å². The van der Waals surface area contributed by atoms with Gasteiger partial charge in [-0.2, -0.15) is 0 Å². The number of aryl methyl sites for hydroxylation is 4.